The minimum absolute atomic E-state index is 0.0376. The van der Waals surface area contributed by atoms with Crippen LogP contribution >= 0.6 is 0 Å². The first-order chi connectivity index (χ1) is 28.8. The molecule has 1 aromatic heterocycles. The van der Waals surface area contributed by atoms with Crippen molar-refractivity contribution >= 4 is 50.6 Å². The number of aromatic nitrogens is 1. The normalized spacial score (nSPS) is 29.0. The lowest BCUT2D eigenvalue weighted by molar-refractivity contribution is -0.142. The third-order valence-corrected chi connectivity index (χ3v) is 17.3. The van der Waals surface area contributed by atoms with Crippen LogP contribution in [0.4, 0.5) is 4.79 Å². The number of para-hydroxylation sites is 1. The van der Waals surface area contributed by atoms with Gasteiger partial charge in [-0.3, -0.25) is 19.2 Å². The highest BCUT2D eigenvalue weighted by Crippen LogP contribution is 2.88. The topological polar surface area (TPSA) is 199 Å². The zero-order chi connectivity index (χ0) is 43.8. The van der Waals surface area contributed by atoms with Crippen LogP contribution in [-0.4, -0.2) is 109 Å². The van der Waals surface area contributed by atoms with E-state index in [2.05, 4.69) is 46.1 Å². The van der Waals surface area contributed by atoms with E-state index in [1.54, 1.807) is 34.2 Å². The number of hydrogen-bond donors (Lipinski definition) is 5. The molecule has 6 atom stereocenters. The predicted molar refractivity (Wildman–Crippen MR) is 228 cm³/mol. The maximum atomic E-state index is 15.2. The number of likely N-dealkylation sites (tertiary alicyclic amines) is 1. The molecule has 2 saturated heterocycles. The molecule has 4 saturated carbocycles. The number of carbonyl (C=O) groups is 5. The molecule has 2 aliphatic heterocycles. The average molecular weight is 862 g/mol. The van der Waals surface area contributed by atoms with Crippen LogP contribution in [-0.2, 0) is 33.9 Å². The summed E-state index contributed by atoms with van der Waals surface area (Å²) in [5, 5.41) is 9.58. The molecule has 4 aliphatic carbocycles. The lowest BCUT2D eigenvalue weighted by Gasteiger charge is -2.38. The number of rotatable bonds is 11. The second kappa shape index (κ2) is 15.4. The highest BCUT2D eigenvalue weighted by Gasteiger charge is 2.85. The first-order valence-corrected chi connectivity index (χ1v) is 23.6. The van der Waals surface area contributed by atoms with E-state index in [0.29, 0.717) is 50.2 Å². The molecule has 6 aliphatic rings. The second-order valence-corrected chi connectivity index (χ2v) is 21.8. The quantitative estimate of drug-likeness (QED) is 0.206. The lowest BCUT2D eigenvalue weighted by Crippen LogP contribution is -2.62. The third-order valence-electron chi connectivity index (χ3n) is 15.9. The zero-order valence-corrected chi connectivity index (χ0v) is 37.0. The number of amides is 6. The van der Waals surface area contributed by atoms with Crippen LogP contribution in [0.5, 0.6) is 0 Å². The molecule has 16 heteroatoms. The summed E-state index contributed by atoms with van der Waals surface area (Å²) < 4.78 is 35.1. The zero-order valence-electron chi connectivity index (χ0n) is 36.2. The molecule has 0 radical (unpaired) electrons. The summed E-state index contributed by atoms with van der Waals surface area (Å²) in [6, 6.07) is 3.03. The number of sulfonamides is 1. The first-order valence-electron chi connectivity index (χ1n) is 22.1. The maximum absolute atomic E-state index is 15.2. The van der Waals surface area contributed by atoms with Gasteiger partial charge < -0.3 is 35.5 Å². The molecule has 3 heterocycles. The van der Waals surface area contributed by atoms with Gasteiger partial charge in [-0.1, -0.05) is 78.5 Å². The molecule has 2 aromatic rings. The summed E-state index contributed by atoms with van der Waals surface area (Å²) >= 11 is 0. The van der Waals surface area contributed by atoms with Crippen molar-refractivity contribution in [1.29, 1.82) is 0 Å². The van der Waals surface area contributed by atoms with E-state index in [0.717, 1.165) is 51.4 Å². The number of fused-ring (bicyclic) bond motifs is 2. The monoisotopic (exact) mass is 861 g/mol. The van der Waals surface area contributed by atoms with Crippen LogP contribution < -0.4 is 20.7 Å². The van der Waals surface area contributed by atoms with Crippen LogP contribution in [0.3, 0.4) is 0 Å². The number of urea groups is 1. The minimum Gasteiger partial charge on any atom is -0.378 e. The van der Waals surface area contributed by atoms with Gasteiger partial charge in [0.15, 0.2) is 0 Å². The van der Waals surface area contributed by atoms with Gasteiger partial charge in [-0.2, -0.15) is 0 Å². The third kappa shape index (κ3) is 7.13. The average Bonchev–Trinajstić information content (AvgIpc) is 3.72. The number of hydrogen-bond acceptors (Lipinski definition) is 8. The van der Waals surface area contributed by atoms with Crippen LogP contribution in [0.2, 0.25) is 0 Å². The SMILES string of the molecule is C=C[C@@H]1C[C@]1(NC(=O)[C@@H]1C[C@@]2(CN1C(=O)[C@@H](NC(=O)N[C@H](C(=O)N1CCOCC1)C1CCCCC1)C(C)(C)C)C(C)(C)C21CCC1)C(=O)NS(=O)(=O)c1cccc2cc[nH]c12. The van der Waals surface area contributed by atoms with Crippen LogP contribution in [0.25, 0.3) is 10.9 Å². The summed E-state index contributed by atoms with van der Waals surface area (Å²) in [5.41, 5.74) is -2.65. The molecule has 15 nitrogen and oxygen atoms in total. The Morgan fingerprint density at radius 2 is 1.64 bits per heavy atom. The molecular formula is C45H63N7O8S. The van der Waals surface area contributed by atoms with E-state index in [-0.39, 0.29) is 39.4 Å². The van der Waals surface area contributed by atoms with Gasteiger partial charge in [0.1, 0.15) is 28.6 Å². The molecule has 6 amide bonds. The fourth-order valence-electron chi connectivity index (χ4n) is 11.9. The summed E-state index contributed by atoms with van der Waals surface area (Å²) in [6.45, 7) is 15.9. The van der Waals surface area contributed by atoms with Gasteiger partial charge in [0, 0.05) is 42.6 Å². The lowest BCUT2D eigenvalue weighted by atomic mass is 9.73. The molecule has 1 aromatic carbocycles. The van der Waals surface area contributed by atoms with E-state index >= 15 is 4.79 Å². The molecular weight excluding hydrogens is 799 g/mol. The van der Waals surface area contributed by atoms with Crippen molar-refractivity contribution in [2.75, 3.05) is 32.8 Å². The summed E-state index contributed by atoms with van der Waals surface area (Å²) in [6.07, 6.45) is 11.3. The Hall–Kier alpha value is -4.44. The van der Waals surface area contributed by atoms with Crippen molar-refractivity contribution in [3.05, 3.63) is 43.1 Å². The Bertz CT molecular complexity index is 2220. The number of benzene rings is 1. The van der Waals surface area contributed by atoms with Gasteiger partial charge in [-0.25, -0.2) is 17.9 Å². The maximum Gasteiger partial charge on any atom is 0.316 e. The Labute approximate surface area is 359 Å². The molecule has 2 spiro atoms. The van der Waals surface area contributed by atoms with Gasteiger partial charge in [0.25, 0.3) is 15.9 Å². The van der Waals surface area contributed by atoms with E-state index in [9.17, 15) is 27.6 Å². The largest absolute Gasteiger partial charge is 0.378 e. The molecule has 0 bridgehead atoms. The highest BCUT2D eigenvalue weighted by atomic mass is 32.2. The number of carbonyl (C=O) groups excluding carboxylic acids is 5. The van der Waals surface area contributed by atoms with Crippen LogP contribution in [0, 0.1) is 33.5 Å². The van der Waals surface area contributed by atoms with Crippen molar-refractivity contribution in [3.8, 4) is 0 Å². The summed E-state index contributed by atoms with van der Waals surface area (Å²) in [4.78, 5) is 78.3. The van der Waals surface area contributed by atoms with Gasteiger partial charge in [0.2, 0.25) is 17.7 Å². The van der Waals surface area contributed by atoms with Crippen molar-refractivity contribution in [1.82, 2.24) is 35.5 Å². The van der Waals surface area contributed by atoms with E-state index in [1.165, 1.54) is 12.1 Å². The smallest absolute Gasteiger partial charge is 0.316 e. The van der Waals surface area contributed by atoms with Crippen molar-refractivity contribution < 1.29 is 37.1 Å². The number of aromatic amines is 1. The fraction of sp³-hybridized carbons (Fsp3) is 0.667. The van der Waals surface area contributed by atoms with Gasteiger partial charge in [-0.15, -0.1) is 6.58 Å². The van der Waals surface area contributed by atoms with Gasteiger partial charge in [-0.05, 0) is 72.8 Å². The van der Waals surface area contributed by atoms with Crippen molar-refractivity contribution in [3.63, 3.8) is 0 Å². The number of ether oxygens (including phenoxy) is 1. The van der Waals surface area contributed by atoms with E-state index < -0.39 is 68.8 Å². The number of morpholine rings is 1. The molecule has 332 valence electrons. The van der Waals surface area contributed by atoms with Crippen LogP contribution in [0.1, 0.15) is 98.8 Å². The predicted octanol–water partition coefficient (Wildman–Crippen LogP) is 4.35. The van der Waals surface area contributed by atoms with Crippen molar-refractivity contribution in [2.45, 2.75) is 127 Å². The molecule has 61 heavy (non-hydrogen) atoms. The molecule has 0 unspecified atom stereocenters. The Kier molecular flexibility index (Phi) is 10.9. The first kappa shape index (κ1) is 43.2. The second-order valence-electron chi connectivity index (χ2n) is 20.2. The van der Waals surface area contributed by atoms with Crippen LogP contribution in [0.15, 0.2) is 48.0 Å². The van der Waals surface area contributed by atoms with E-state index in [1.807, 2.05) is 20.8 Å². The number of nitrogens with zero attached hydrogens (tertiary/aromatic N) is 2. The minimum atomic E-state index is -4.37. The summed E-state index contributed by atoms with van der Waals surface area (Å²) in [7, 11) is -4.37. The Balaban J connectivity index is 1.05. The Morgan fingerprint density at radius 3 is 2.25 bits per heavy atom. The molecule has 8 rings (SSSR count). The Morgan fingerprint density at radius 1 is 0.934 bits per heavy atom. The number of H-pyrrole nitrogens is 1. The summed E-state index contributed by atoms with van der Waals surface area (Å²) in [5.74, 6) is -2.60. The standard InChI is InChI=1S/C45H63N7O8S/c1-7-30-25-45(30,39(56)50-61(58,59)32-16-11-15-29-17-20-46-33(29)32)49-36(53)31-26-44(42(5,6)43(44)18-12-19-43)27-52(31)38(55)35(41(2,3)4)48-40(57)47-34(28-13-9-8-10-14-28)37(54)51-21-23-60-24-22-51/h7,11,15-17,20,28,30-31,34-35,46H,1,8-10,12-14,18-19,21-27H2,2-6H3,(H,49,53)(H,50,56)(H2,47,48,57)/t30-,31+,34+,35-,44-,45-/m1/s1. The number of nitrogens with one attached hydrogen (secondary N) is 5. The van der Waals surface area contributed by atoms with Gasteiger partial charge in [0.05, 0.1) is 18.7 Å². The van der Waals surface area contributed by atoms with Gasteiger partial charge >= 0.3 is 6.03 Å². The molecule has 6 fully saturated rings. The fourth-order valence-corrected chi connectivity index (χ4v) is 13.1. The van der Waals surface area contributed by atoms with Crippen molar-refractivity contribution in [2.24, 2.45) is 33.5 Å². The van der Waals surface area contributed by atoms with E-state index in [4.69, 9.17) is 4.74 Å². The molecule has 5 N–H and O–H groups in total. The highest BCUT2D eigenvalue weighted by molar-refractivity contribution is 7.90.